The van der Waals surface area contributed by atoms with Crippen LogP contribution in [0.3, 0.4) is 0 Å². The van der Waals surface area contributed by atoms with Gasteiger partial charge in [0.05, 0.1) is 29.3 Å². The molecule has 1 saturated heterocycles. The Morgan fingerprint density at radius 3 is 2.88 bits per heavy atom. The Hall–Kier alpha value is -2.82. The van der Waals surface area contributed by atoms with Crippen LogP contribution in [0, 0.1) is 5.92 Å². The number of fused-ring (bicyclic) bond motifs is 3. The van der Waals surface area contributed by atoms with E-state index in [1.54, 1.807) is 12.5 Å². The number of benzene rings is 1. The van der Waals surface area contributed by atoms with E-state index in [2.05, 4.69) is 30.5 Å². The molecule has 1 aliphatic carbocycles. The fraction of sp³-hybridized carbons (Fsp3) is 0.433. The quantitative estimate of drug-likeness (QED) is 0.226. The van der Waals surface area contributed by atoms with E-state index >= 15 is 0 Å². The number of hydrogen-bond acceptors (Lipinski definition) is 9. The molecule has 1 unspecified atom stereocenters. The van der Waals surface area contributed by atoms with E-state index in [0.717, 1.165) is 86.2 Å². The van der Waals surface area contributed by atoms with Gasteiger partial charge in [0.2, 0.25) is 0 Å². The lowest BCUT2D eigenvalue weighted by atomic mass is 9.86. The smallest absolute Gasteiger partial charge is 0.142 e. The van der Waals surface area contributed by atoms with E-state index in [9.17, 15) is 0 Å². The van der Waals surface area contributed by atoms with Gasteiger partial charge in [-0.2, -0.15) is 0 Å². The lowest BCUT2D eigenvalue weighted by Crippen LogP contribution is -2.40. The predicted octanol–water partition coefficient (Wildman–Crippen LogP) is 5.48. The molecule has 0 saturated carbocycles. The van der Waals surface area contributed by atoms with Crippen LogP contribution < -0.4 is 15.4 Å². The molecule has 8 nitrogen and oxygen atoms in total. The van der Waals surface area contributed by atoms with Crippen LogP contribution in [-0.2, 0) is 24.2 Å². The minimum atomic E-state index is 0.367. The average Bonchev–Trinajstić information content (AvgIpc) is 3.36. The van der Waals surface area contributed by atoms with Gasteiger partial charge in [-0.25, -0.2) is 9.97 Å². The van der Waals surface area contributed by atoms with E-state index in [1.807, 2.05) is 47.7 Å². The Bertz CT molecular complexity index is 1410. The number of halogens is 1. The number of anilines is 2. The minimum Gasteiger partial charge on any atom is -0.486 e. The summed E-state index contributed by atoms with van der Waals surface area (Å²) in [6, 6.07) is 11.5. The molecule has 210 valence electrons. The van der Waals surface area contributed by atoms with Crippen LogP contribution in [-0.4, -0.2) is 65.8 Å². The number of ether oxygens (including phenoxy) is 2. The summed E-state index contributed by atoms with van der Waals surface area (Å²) in [6.45, 7) is 7.43. The van der Waals surface area contributed by atoms with Crippen LogP contribution in [0.5, 0.6) is 5.75 Å². The molecule has 1 aromatic carbocycles. The Kier molecular flexibility index (Phi) is 9.05. The number of aryl methyl sites for hydroxylation is 1. The number of pyridine rings is 1. The topological polar surface area (TPSA) is 84.4 Å². The van der Waals surface area contributed by atoms with Gasteiger partial charge in [-0.05, 0) is 74.0 Å². The molecule has 0 amide bonds. The first-order valence-electron chi connectivity index (χ1n) is 14.1. The summed E-state index contributed by atoms with van der Waals surface area (Å²) in [5, 5.41) is 8.84. The third-order valence-corrected chi connectivity index (χ3v) is 9.14. The summed E-state index contributed by atoms with van der Waals surface area (Å²) in [6.07, 6.45) is 8.00. The van der Waals surface area contributed by atoms with Crippen molar-refractivity contribution in [1.29, 1.82) is 0 Å². The molecule has 1 fully saturated rings. The zero-order valence-electron chi connectivity index (χ0n) is 22.6. The number of nitrogens with zero attached hydrogens (tertiary/aromatic N) is 4. The number of rotatable bonds is 11. The van der Waals surface area contributed by atoms with E-state index in [4.69, 9.17) is 21.1 Å². The highest BCUT2D eigenvalue weighted by molar-refractivity contribution is 7.19. The normalized spacial score (nSPS) is 17.6. The Morgan fingerprint density at radius 2 is 2.02 bits per heavy atom. The molecule has 0 radical (unpaired) electrons. The molecule has 4 heterocycles. The average molecular weight is 579 g/mol. The van der Waals surface area contributed by atoms with Gasteiger partial charge in [0.25, 0.3) is 0 Å². The maximum absolute atomic E-state index is 6.56. The van der Waals surface area contributed by atoms with E-state index in [1.165, 1.54) is 23.3 Å². The highest BCUT2D eigenvalue weighted by atomic mass is 35.5. The third kappa shape index (κ3) is 6.72. The number of morpholine rings is 1. The zero-order valence-corrected chi connectivity index (χ0v) is 24.1. The van der Waals surface area contributed by atoms with Crippen molar-refractivity contribution in [2.45, 2.75) is 32.3 Å². The monoisotopic (exact) mass is 578 g/mol. The molecule has 4 aromatic rings. The Labute approximate surface area is 244 Å². The molecular weight excluding hydrogens is 544 g/mol. The maximum atomic E-state index is 6.56. The van der Waals surface area contributed by atoms with Crippen molar-refractivity contribution in [1.82, 2.24) is 25.2 Å². The summed E-state index contributed by atoms with van der Waals surface area (Å²) in [4.78, 5) is 18.5. The van der Waals surface area contributed by atoms with Crippen LogP contribution in [0.1, 0.15) is 29.0 Å². The maximum Gasteiger partial charge on any atom is 0.142 e. The fourth-order valence-corrected chi connectivity index (χ4v) is 7.02. The predicted molar refractivity (Wildman–Crippen MR) is 161 cm³/mol. The fourth-order valence-electron chi connectivity index (χ4n) is 5.48. The molecule has 6 rings (SSSR count). The highest BCUT2D eigenvalue weighted by Gasteiger charge is 2.25. The van der Waals surface area contributed by atoms with Crippen molar-refractivity contribution in [2.75, 3.05) is 51.3 Å². The van der Waals surface area contributed by atoms with E-state index < -0.39 is 0 Å². The summed E-state index contributed by atoms with van der Waals surface area (Å²) in [5.41, 5.74) is 3.13. The van der Waals surface area contributed by atoms with Crippen LogP contribution in [0.4, 0.5) is 11.5 Å². The minimum absolute atomic E-state index is 0.367. The first kappa shape index (κ1) is 27.4. The van der Waals surface area contributed by atoms with Crippen molar-refractivity contribution in [3.05, 3.63) is 70.1 Å². The Balaban J connectivity index is 1.06. The number of nitrogens with one attached hydrogen (secondary N) is 2. The van der Waals surface area contributed by atoms with E-state index in [-0.39, 0.29) is 0 Å². The summed E-state index contributed by atoms with van der Waals surface area (Å²) in [5.74, 6) is 2.17. The molecule has 3 aromatic heterocycles. The van der Waals surface area contributed by atoms with Crippen LogP contribution >= 0.6 is 22.9 Å². The molecule has 0 bridgehead atoms. The number of hydrogen-bond donors (Lipinski definition) is 2. The van der Waals surface area contributed by atoms with Gasteiger partial charge in [-0.3, -0.25) is 9.88 Å². The highest BCUT2D eigenvalue weighted by Crippen LogP contribution is 2.41. The SMILES string of the molecule is Clc1cc(Nc2ncnc3sc4c(c23)CCC(CCNCCN2CCOCC2)C4)ccc1OCc1ccccn1. The first-order valence-corrected chi connectivity index (χ1v) is 15.3. The largest absolute Gasteiger partial charge is 0.486 e. The van der Waals surface area contributed by atoms with Crippen molar-refractivity contribution in [2.24, 2.45) is 5.92 Å². The second kappa shape index (κ2) is 13.2. The second-order valence-corrected chi connectivity index (χ2v) is 11.9. The van der Waals surface area contributed by atoms with Gasteiger partial charge < -0.3 is 20.1 Å². The van der Waals surface area contributed by atoms with E-state index in [0.29, 0.717) is 23.3 Å². The van der Waals surface area contributed by atoms with Gasteiger partial charge in [-0.1, -0.05) is 17.7 Å². The van der Waals surface area contributed by atoms with Crippen molar-refractivity contribution in [3.63, 3.8) is 0 Å². The summed E-state index contributed by atoms with van der Waals surface area (Å²) in [7, 11) is 0. The first-order chi connectivity index (χ1) is 19.7. The summed E-state index contributed by atoms with van der Waals surface area (Å²) < 4.78 is 11.3. The Morgan fingerprint density at radius 1 is 1.10 bits per heavy atom. The van der Waals surface area contributed by atoms with Gasteiger partial charge in [0, 0.05) is 42.9 Å². The number of thiophene rings is 1. The molecular formula is C30H35ClN6O2S. The zero-order chi connectivity index (χ0) is 27.1. The third-order valence-electron chi connectivity index (χ3n) is 7.68. The van der Waals surface area contributed by atoms with Crippen molar-refractivity contribution >= 4 is 44.7 Å². The summed E-state index contributed by atoms with van der Waals surface area (Å²) >= 11 is 8.38. The second-order valence-electron chi connectivity index (χ2n) is 10.4. The van der Waals surface area contributed by atoms with Crippen LogP contribution in [0.2, 0.25) is 5.02 Å². The van der Waals surface area contributed by atoms with Gasteiger partial charge in [0.1, 0.15) is 29.3 Å². The van der Waals surface area contributed by atoms with Crippen molar-refractivity contribution < 1.29 is 9.47 Å². The van der Waals surface area contributed by atoms with Gasteiger partial charge >= 0.3 is 0 Å². The molecule has 40 heavy (non-hydrogen) atoms. The lowest BCUT2D eigenvalue weighted by molar-refractivity contribution is 0.0384. The van der Waals surface area contributed by atoms with Gasteiger partial charge in [0.15, 0.2) is 0 Å². The molecule has 1 atom stereocenters. The van der Waals surface area contributed by atoms with Crippen LogP contribution in [0.25, 0.3) is 10.2 Å². The lowest BCUT2D eigenvalue weighted by Gasteiger charge is -2.27. The van der Waals surface area contributed by atoms with Gasteiger partial charge in [-0.15, -0.1) is 11.3 Å². The number of aromatic nitrogens is 3. The standard InChI is InChI=1S/C30H35ClN6O2S/c31-25-18-22(5-7-26(25)39-19-23-3-1-2-9-33-23)36-29-28-24-6-4-21(17-27(24)40-30(28)35-20-34-29)8-10-32-11-12-37-13-15-38-16-14-37/h1-3,5,7,9,18,20-21,32H,4,6,8,10-17,19H2,(H,34,35,36). The molecule has 0 spiro atoms. The molecule has 2 aliphatic rings. The molecule has 1 aliphatic heterocycles. The van der Waals surface area contributed by atoms with Crippen LogP contribution in [0.15, 0.2) is 48.9 Å². The molecule has 10 heteroatoms. The molecule has 2 N–H and O–H groups in total. The van der Waals surface area contributed by atoms with Crippen molar-refractivity contribution in [3.8, 4) is 5.75 Å².